The minimum absolute atomic E-state index is 0.205. The van der Waals surface area contributed by atoms with Gasteiger partial charge in [0.1, 0.15) is 6.10 Å². The van der Waals surface area contributed by atoms with Crippen LogP contribution in [0.15, 0.2) is 54.6 Å². The number of aliphatic hydroxyl groups excluding tert-OH is 1. The number of aliphatic hydroxyl groups is 1. The highest BCUT2D eigenvalue weighted by molar-refractivity contribution is 5.35. The summed E-state index contributed by atoms with van der Waals surface area (Å²) < 4.78 is 16.6. The fourth-order valence-corrected chi connectivity index (χ4v) is 3.17. The molecule has 0 aromatic heterocycles. The lowest BCUT2D eigenvalue weighted by Crippen LogP contribution is -2.39. The molecule has 0 radical (unpaired) electrons. The normalized spacial score (nSPS) is 13.6. The molecule has 2 aromatic carbocycles. The number of hydrogen-bond acceptors (Lipinski definition) is 5. The minimum Gasteiger partial charge on any atom is -0.389 e. The molecule has 154 valence electrons. The Morgan fingerprint density at radius 2 is 1.50 bits per heavy atom. The summed E-state index contributed by atoms with van der Waals surface area (Å²) in [6, 6.07) is 18.4. The first kappa shape index (κ1) is 22.5. The van der Waals surface area contributed by atoms with E-state index in [2.05, 4.69) is 36.1 Å². The average molecular weight is 388 g/mol. The van der Waals surface area contributed by atoms with Crippen LogP contribution in [-0.2, 0) is 14.2 Å². The van der Waals surface area contributed by atoms with Crippen molar-refractivity contribution in [2.45, 2.75) is 19.1 Å². The van der Waals surface area contributed by atoms with E-state index in [0.29, 0.717) is 19.8 Å². The zero-order valence-corrected chi connectivity index (χ0v) is 17.2. The molecular weight excluding hydrogens is 354 g/mol. The molecule has 5 nitrogen and oxygen atoms in total. The van der Waals surface area contributed by atoms with Gasteiger partial charge in [-0.15, -0.1) is 0 Å². The SMILES string of the molecule is COCCN(CCOC)CC(O)COC(c1ccccc1)c1ccccc1C. The molecule has 28 heavy (non-hydrogen) atoms. The number of rotatable bonds is 13. The van der Waals surface area contributed by atoms with Crippen molar-refractivity contribution in [2.24, 2.45) is 0 Å². The summed E-state index contributed by atoms with van der Waals surface area (Å²) in [5.41, 5.74) is 3.38. The molecule has 0 saturated carbocycles. The Morgan fingerprint density at radius 1 is 0.893 bits per heavy atom. The fraction of sp³-hybridized carbons (Fsp3) is 0.478. The summed E-state index contributed by atoms with van der Waals surface area (Å²) in [7, 11) is 3.36. The molecule has 0 spiro atoms. The average Bonchev–Trinajstić information content (AvgIpc) is 2.72. The van der Waals surface area contributed by atoms with Gasteiger partial charge in [-0.25, -0.2) is 0 Å². The van der Waals surface area contributed by atoms with Crippen LogP contribution in [-0.4, -0.2) is 69.8 Å². The number of nitrogens with zero attached hydrogens (tertiary/aromatic N) is 1. The highest BCUT2D eigenvalue weighted by Gasteiger charge is 2.19. The smallest absolute Gasteiger partial charge is 0.108 e. The second-order valence-electron chi connectivity index (χ2n) is 6.92. The van der Waals surface area contributed by atoms with E-state index in [4.69, 9.17) is 14.2 Å². The van der Waals surface area contributed by atoms with Gasteiger partial charge in [0.15, 0.2) is 0 Å². The van der Waals surface area contributed by atoms with Gasteiger partial charge in [0.2, 0.25) is 0 Å². The molecule has 0 aliphatic carbocycles. The van der Waals surface area contributed by atoms with E-state index in [1.54, 1.807) is 14.2 Å². The van der Waals surface area contributed by atoms with E-state index in [0.717, 1.165) is 24.2 Å². The van der Waals surface area contributed by atoms with Crippen LogP contribution in [0.1, 0.15) is 22.8 Å². The Hall–Kier alpha value is -1.76. The van der Waals surface area contributed by atoms with Crippen LogP contribution < -0.4 is 0 Å². The van der Waals surface area contributed by atoms with Crippen LogP contribution in [0.2, 0.25) is 0 Å². The minimum atomic E-state index is -0.594. The quantitative estimate of drug-likeness (QED) is 0.572. The van der Waals surface area contributed by atoms with Crippen molar-refractivity contribution in [1.82, 2.24) is 4.90 Å². The van der Waals surface area contributed by atoms with Gasteiger partial charge in [-0.2, -0.15) is 0 Å². The molecule has 0 amide bonds. The molecule has 0 heterocycles. The number of ether oxygens (including phenoxy) is 3. The number of methoxy groups -OCH3 is 2. The first-order chi connectivity index (χ1) is 13.7. The Bertz CT molecular complexity index is 657. The first-order valence-corrected chi connectivity index (χ1v) is 9.76. The van der Waals surface area contributed by atoms with Gasteiger partial charge in [-0.1, -0.05) is 54.6 Å². The lowest BCUT2D eigenvalue weighted by Gasteiger charge is -2.26. The third-order valence-corrected chi connectivity index (χ3v) is 4.72. The Balaban J connectivity index is 2.03. The van der Waals surface area contributed by atoms with Gasteiger partial charge >= 0.3 is 0 Å². The maximum Gasteiger partial charge on any atom is 0.108 e. The third-order valence-electron chi connectivity index (χ3n) is 4.72. The Labute approximate surface area is 168 Å². The van der Waals surface area contributed by atoms with Crippen LogP contribution in [0.3, 0.4) is 0 Å². The van der Waals surface area contributed by atoms with E-state index in [1.807, 2.05) is 30.3 Å². The van der Waals surface area contributed by atoms with Crippen molar-refractivity contribution < 1.29 is 19.3 Å². The van der Waals surface area contributed by atoms with E-state index in [-0.39, 0.29) is 12.7 Å². The first-order valence-electron chi connectivity index (χ1n) is 9.76. The molecule has 0 fully saturated rings. The zero-order valence-electron chi connectivity index (χ0n) is 17.2. The fourth-order valence-electron chi connectivity index (χ4n) is 3.17. The van der Waals surface area contributed by atoms with Crippen LogP contribution in [0.25, 0.3) is 0 Å². The highest BCUT2D eigenvalue weighted by atomic mass is 16.5. The maximum atomic E-state index is 10.6. The summed E-state index contributed by atoms with van der Waals surface area (Å²) in [5.74, 6) is 0. The number of hydrogen-bond donors (Lipinski definition) is 1. The second-order valence-corrected chi connectivity index (χ2v) is 6.92. The van der Waals surface area contributed by atoms with Crippen molar-refractivity contribution >= 4 is 0 Å². The van der Waals surface area contributed by atoms with Gasteiger partial charge in [-0.3, -0.25) is 4.90 Å². The summed E-state index contributed by atoms with van der Waals surface area (Å²) in [6.45, 7) is 5.59. The number of aryl methyl sites for hydroxylation is 1. The monoisotopic (exact) mass is 387 g/mol. The molecule has 0 aliphatic heterocycles. The molecule has 0 aliphatic rings. The Kier molecular flexibility index (Phi) is 10.2. The molecule has 2 aromatic rings. The summed E-state index contributed by atoms with van der Waals surface area (Å²) in [5, 5.41) is 10.6. The molecule has 5 heteroatoms. The Morgan fingerprint density at radius 3 is 2.11 bits per heavy atom. The lowest BCUT2D eigenvalue weighted by molar-refractivity contribution is -0.0137. The van der Waals surface area contributed by atoms with E-state index in [9.17, 15) is 5.11 Å². The van der Waals surface area contributed by atoms with Crippen LogP contribution >= 0.6 is 0 Å². The van der Waals surface area contributed by atoms with Crippen molar-refractivity contribution in [3.63, 3.8) is 0 Å². The largest absolute Gasteiger partial charge is 0.389 e. The maximum absolute atomic E-state index is 10.6. The second kappa shape index (κ2) is 12.6. The third kappa shape index (κ3) is 7.34. The molecule has 0 bridgehead atoms. The molecule has 2 unspecified atom stereocenters. The van der Waals surface area contributed by atoms with Crippen LogP contribution in [0.5, 0.6) is 0 Å². The predicted octanol–water partition coefficient (Wildman–Crippen LogP) is 3.06. The van der Waals surface area contributed by atoms with Gasteiger partial charge < -0.3 is 19.3 Å². The summed E-state index contributed by atoms with van der Waals surface area (Å²) >= 11 is 0. The molecular formula is C23H33NO4. The lowest BCUT2D eigenvalue weighted by atomic mass is 9.97. The summed E-state index contributed by atoms with van der Waals surface area (Å²) in [6.07, 6.45) is -0.799. The molecule has 0 saturated heterocycles. The van der Waals surface area contributed by atoms with Crippen molar-refractivity contribution in [3.05, 3.63) is 71.3 Å². The number of benzene rings is 2. The molecule has 2 atom stereocenters. The zero-order chi connectivity index (χ0) is 20.2. The van der Waals surface area contributed by atoms with Gasteiger partial charge in [0, 0.05) is 33.9 Å². The van der Waals surface area contributed by atoms with Crippen molar-refractivity contribution in [2.75, 3.05) is 53.7 Å². The van der Waals surface area contributed by atoms with Gasteiger partial charge in [0.05, 0.1) is 25.9 Å². The van der Waals surface area contributed by atoms with E-state index >= 15 is 0 Å². The standard InChI is InChI=1S/C23H33NO4/c1-19-9-7-8-12-22(19)23(20-10-5-4-6-11-20)28-18-21(25)17-24(13-15-26-2)14-16-27-3/h4-12,21,23,25H,13-18H2,1-3H3. The van der Waals surface area contributed by atoms with E-state index < -0.39 is 6.10 Å². The van der Waals surface area contributed by atoms with Crippen molar-refractivity contribution in [3.8, 4) is 0 Å². The topological polar surface area (TPSA) is 51.2 Å². The van der Waals surface area contributed by atoms with Crippen LogP contribution in [0, 0.1) is 6.92 Å². The van der Waals surface area contributed by atoms with Gasteiger partial charge in [-0.05, 0) is 23.6 Å². The van der Waals surface area contributed by atoms with Gasteiger partial charge in [0.25, 0.3) is 0 Å². The van der Waals surface area contributed by atoms with E-state index in [1.165, 1.54) is 5.56 Å². The molecule has 2 rings (SSSR count). The predicted molar refractivity (Wildman–Crippen MR) is 112 cm³/mol. The molecule has 1 N–H and O–H groups in total. The van der Waals surface area contributed by atoms with Crippen LogP contribution in [0.4, 0.5) is 0 Å². The summed E-state index contributed by atoms with van der Waals surface area (Å²) in [4.78, 5) is 2.13. The van der Waals surface area contributed by atoms with Crippen molar-refractivity contribution in [1.29, 1.82) is 0 Å². The highest BCUT2D eigenvalue weighted by Crippen LogP contribution is 2.28.